The lowest BCUT2D eigenvalue weighted by Crippen LogP contribution is -2.26. The summed E-state index contributed by atoms with van der Waals surface area (Å²) >= 11 is 0. The van der Waals surface area contributed by atoms with E-state index in [0.717, 1.165) is 41.9 Å². The largest absolute Gasteiger partial charge is 0.326 e. The second kappa shape index (κ2) is 8.66. The van der Waals surface area contributed by atoms with Crippen molar-refractivity contribution in [3.8, 4) is 11.1 Å². The lowest BCUT2D eigenvalue weighted by atomic mass is 9.88. The molecule has 3 nitrogen and oxygen atoms in total. The number of pyridine rings is 1. The van der Waals surface area contributed by atoms with E-state index in [1.807, 2.05) is 6.07 Å². The maximum atomic E-state index is 13.3. The number of carbonyl (C=O) groups excluding carboxylic acids is 1. The van der Waals surface area contributed by atoms with Crippen molar-refractivity contribution < 1.29 is 4.79 Å². The highest BCUT2D eigenvalue weighted by Gasteiger charge is 2.36. The van der Waals surface area contributed by atoms with Gasteiger partial charge in [-0.05, 0) is 93.0 Å². The smallest absolute Gasteiger partial charge is 0.228 e. The number of rotatable bonds is 4. The van der Waals surface area contributed by atoms with Crippen LogP contribution < -0.4 is 5.32 Å². The van der Waals surface area contributed by atoms with E-state index >= 15 is 0 Å². The van der Waals surface area contributed by atoms with E-state index in [2.05, 4.69) is 82.4 Å². The lowest BCUT2D eigenvalue weighted by molar-refractivity contribution is -0.120. The molecule has 2 aromatic carbocycles. The summed E-state index contributed by atoms with van der Waals surface area (Å²) in [5, 5.41) is 3.22. The molecule has 3 heteroatoms. The molecule has 2 unspecified atom stereocenters. The Hall–Kier alpha value is -2.94. The zero-order valence-corrected chi connectivity index (χ0v) is 19.3. The summed E-state index contributed by atoms with van der Waals surface area (Å²) in [4.78, 5) is 18.2. The fourth-order valence-electron chi connectivity index (χ4n) is 4.93. The number of nitrogens with zero attached hydrogens (tertiary/aromatic N) is 1. The molecular weight excluding hydrogens is 380 g/mol. The minimum absolute atomic E-state index is 0.0243. The Morgan fingerprint density at radius 2 is 1.65 bits per heavy atom. The predicted octanol–water partition coefficient (Wildman–Crippen LogP) is 6.81. The summed E-state index contributed by atoms with van der Waals surface area (Å²) in [7, 11) is 0. The number of aromatic nitrogens is 1. The van der Waals surface area contributed by atoms with E-state index in [4.69, 9.17) is 4.98 Å². The monoisotopic (exact) mass is 412 g/mol. The zero-order chi connectivity index (χ0) is 22.1. The Morgan fingerprint density at radius 3 is 2.39 bits per heavy atom. The first-order valence-corrected chi connectivity index (χ1v) is 11.3. The Labute approximate surface area is 185 Å². The number of hydrogen-bond acceptors (Lipinski definition) is 2. The molecule has 1 saturated carbocycles. The molecule has 1 heterocycles. The van der Waals surface area contributed by atoms with Crippen molar-refractivity contribution in [3.63, 3.8) is 0 Å². The van der Waals surface area contributed by atoms with Gasteiger partial charge in [-0.25, -0.2) is 0 Å². The van der Waals surface area contributed by atoms with Crippen molar-refractivity contribution in [2.45, 2.75) is 59.8 Å². The van der Waals surface area contributed by atoms with Gasteiger partial charge in [0.05, 0.1) is 0 Å². The van der Waals surface area contributed by atoms with Gasteiger partial charge in [0.15, 0.2) is 0 Å². The van der Waals surface area contributed by atoms with E-state index in [9.17, 15) is 4.79 Å². The van der Waals surface area contributed by atoms with Crippen LogP contribution in [-0.4, -0.2) is 10.9 Å². The molecule has 31 heavy (non-hydrogen) atoms. The van der Waals surface area contributed by atoms with Gasteiger partial charge in [-0.15, -0.1) is 0 Å². The summed E-state index contributed by atoms with van der Waals surface area (Å²) in [6.07, 6.45) is 3.02. The van der Waals surface area contributed by atoms with E-state index in [0.29, 0.717) is 0 Å². The highest BCUT2D eigenvalue weighted by Crippen LogP contribution is 2.41. The van der Waals surface area contributed by atoms with E-state index < -0.39 is 0 Å². The first-order chi connectivity index (χ1) is 14.8. The molecule has 160 valence electrons. The van der Waals surface area contributed by atoms with Crippen LogP contribution in [0.5, 0.6) is 0 Å². The van der Waals surface area contributed by atoms with Gasteiger partial charge in [0, 0.05) is 28.9 Å². The average Bonchev–Trinajstić information content (AvgIpc) is 3.22. The molecular formula is C28H32N2O. The summed E-state index contributed by atoms with van der Waals surface area (Å²) < 4.78 is 0. The molecule has 1 fully saturated rings. The molecule has 1 aliphatic rings. The topological polar surface area (TPSA) is 42.0 Å². The molecule has 1 aromatic heterocycles. The Morgan fingerprint density at radius 1 is 0.871 bits per heavy atom. The molecule has 0 radical (unpaired) electrons. The van der Waals surface area contributed by atoms with E-state index in [1.54, 1.807) is 0 Å². The molecule has 1 aliphatic carbocycles. The third-order valence-corrected chi connectivity index (χ3v) is 6.84. The first-order valence-electron chi connectivity index (χ1n) is 11.3. The molecule has 2 atom stereocenters. The van der Waals surface area contributed by atoms with Crippen LogP contribution in [-0.2, 0) is 4.79 Å². The van der Waals surface area contributed by atoms with Gasteiger partial charge in [0.25, 0.3) is 0 Å². The Balaban J connectivity index is 1.55. The number of aryl methyl sites for hydroxylation is 5. The Kier molecular flexibility index (Phi) is 5.95. The zero-order valence-electron chi connectivity index (χ0n) is 19.3. The van der Waals surface area contributed by atoms with Crippen LogP contribution in [0.1, 0.15) is 58.8 Å². The molecule has 1 amide bonds. The normalized spacial score (nSPS) is 18.2. The highest BCUT2D eigenvalue weighted by molar-refractivity contribution is 5.94. The molecule has 1 N–H and O–H groups in total. The number of anilines is 1. The van der Waals surface area contributed by atoms with E-state index in [1.165, 1.54) is 27.8 Å². The SMILES string of the molecule is Cc1cc(-c2ccccc2C)ccc1NC(=O)C1CCCC1c1nc(C)c(C)cc1C. The van der Waals surface area contributed by atoms with Gasteiger partial charge in [0.1, 0.15) is 0 Å². The van der Waals surface area contributed by atoms with Gasteiger partial charge < -0.3 is 5.32 Å². The summed E-state index contributed by atoms with van der Waals surface area (Å²) in [6, 6.07) is 16.9. The average molecular weight is 413 g/mol. The van der Waals surface area contributed by atoms with Crippen LogP contribution in [0.3, 0.4) is 0 Å². The van der Waals surface area contributed by atoms with Gasteiger partial charge in [-0.1, -0.05) is 42.8 Å². The van der Waals surface area contributed by atoms with Crippen molar-refractivity contribution in [3.05, 3.63) is 82.2 Å². The highest BCUT2D eigenvalue weighted by atomic mass is 16.1. The minimum Gasteiger partial charge on any atom is -0.326 e. The van der Waals surface area contributed by atoms with Crippen molar-refractivity contribution in [2.24, 2.45) is 5.92 Å². The van der Waals surface area contributed by atoms with Crippen molar-refractivity contribution in [1.29, 1.82) is 0 Å². The van der Waals surface area contributed by atoms with Crippen LogP contribution in [0.25, 0.3) is 11.1 Å². The van der Waals surface area contributed by atoms with Crippen molar-refractivity contribution >= 4 is 11.6 Å². The minimum atomic E-state index is -0.0243. The molecule has 4 rings (SSSR count). The van der Waals surface area contributed by atoms with Gasteiger partial charge in [-0.2, -0.15) is 0 Å². The summed E-state index contributed by atoms with van der Waals surface area (Å²) in [5.41, 5.74) is 10.2. The number of nitrogens with one attached hydrogen (secondary N) is 1. The molecule has 0 saturated heterocycles. The predicted molar refractivity (Wildman–Crippen MR) is 129 cm³/mol. The fraction of sp³-hybridized carbons (Fsp3) is 0.357. The molecule has 0 spiro atoms. The number of benzene rings is 2. The molecule has 0 bridgehead atoms. The number of carbonyl (C=O) groups is 1. The maximum absolute atomic E-state index is 13.3. The van der Waals surface area contributed by atoms with Crippen molar-refractivity contribution in [1.82, 2.24) is 4.98 Å². The maximum Gasteiger partial charge on any atom is 0.228 e. The lowest BCUT2D eigenvalue weighted by Gasteiger charge is -2.22. The van der Waals surface area contributed by atoms with Crippen LogP contribution in [0.15, 0.2) is 48.5 Å². The molecule has 3 aromatic rings. The quantitative estimate of drug-likeness (QED) is 0.511. The standard InChI is InChI=1S/C28H32N2O/c1-17-9-6-7-10-23(17)22-13-14-26(19(3)16-22)30-28(31)25-12-8-11-24(25)27-20(4)15-18(2)21(5)29-27/h6-7,9-10,13-16,24-25H,8,11-12H2,1-5H3,(H,30,31). The second-order valence-corrected chi connectivity index (χ2v) is 9.07. The van der Waals surface area contributed by atoms with Crippen LogP contribution in [0, 0.1) is 40.5 Å². The summed E-state index contributed by atoms with van der Waals surface area (Å²) in [6.45, 7) is 10.5. The second-order valence-electron chi connectivity index (χ2n) is 9.07. The third-order valence-electron chi connectivity index (χ3n) is 6.84. The third kappa shape index (κ3) is 4.27. The molecule has 0 aliphatic heterocycles. The van der Waals surface area contributed by atoms with Gasteiger partial charge >= 0.3 is 0 Å². The number of amides is 1. The first kappa shape index (κ1) is 21.3. The van der Waals surface area contributed by atoms with Gasteiger partial charge in [0.2, 0.25) is 5.91 Å². The van der Waals surface area contributed by atoms with Crippen LogP contribution >= 0.6 is 0 Å². The van der Waals surface area contributed by atoms with Crippen LogP contribution in [0.4, 0.5) is 5.69 Å². The number of hydrogen-bond donors (Lipinski definition) is 1. The van der Waals surface area contributed by atoms with Crippen molar-refractivity contribution in [2.75, 3.05) is 5.32 Å². The Bertz CT molecular complexity index is 1130. The van der Waals surface area contributed by atoms with Crippen LogP contribution in [0.2, 0.25) is 0 Å². The van der Waals surface area contributed by atoms with E-state index in [-0.39, 0.29) is 17.7 Å². The summed E-state index contributed by atoms with van der Waals surface area (Å²) in [5.74, 6) is 0.295. The fourth-order valence-corrected chi connectivity index (χ4v) is 4.93. The van der Waals surface area contributed by atoms with Gasteiger partial charge in [-0.3, -0.25) is 9.78 Å².